The molecule has 1 fully saturated rings. The molecular weight excluding hydrogens is 282 g/mol. The van der Waals surface area contributed by atoms with Gasteiger partial charge >= 0.3 is 5.69 Å². The number of H-pyrrole nitrogens is 1. The van der Waals surface area contributed by atoms with E-state index in [1.807, 2.05) is 12.1 Å². The van der Waals surface area contributed by atoms with Crippen LogP contribution in [0.15, 0.2) is 41.5 Å². The van der Waals surface area contributed by atoms with Crippen LogP contribution in [0.5, 0.6) is 0 Å². The van der Waals surface area contributed by atoms with Gasteiger partial charge in [-0.05, 0) is 30.5 Å². The number of carbonyl (C=O) groups excluding carboxylic acids is 1. The molecule has 0 saturated carbocycles. The molecule has 0 aliphatic carbocycles. The van der Waals surface area contributed by atoms with Crippen molar-refractivity contribution in [1.29, 1.82) is 0 Å². The molecule has 0 spiro atoms. The summed E-state index contributed by atoms with van der Waals surface area (Å²) >= 11 is 0. The summed E-state index contributed by atoms with van der Waals surface area (Å²) in [6.07, 6.45) is 5.30. The third-order valence-corrected chi connectivity index (χ3v) is 3.67. The van der Waals surface area contributed by atoms with Crippen LogP contribution in [0.4, 0.5) is 0 Å². The van der Waals surface area contributed by atoms with Crippen molar-refractivity contribution in [3.05, 3.63) is 52.7 Å². The van der Waals surface area contributed by atoms with E-state index in [1.54, 1.807) is 18.3 Å². The monoisotopic (exact) mass is 299 g/mol. The van der Waals surface area contributed by atoms with Crippen LogP contribution >= 0.6 is 0 Å². The summed E-state index contributed by atoms with van der Waals surface area (Å²) < 4.78 is 5.48. The largest absolute Gasteiger partial charge is 0.376 e. The number of nitrogens with one attached hydrogen (secondary N) is 2. The smallest absolute Gasteiger partial charge is 0.344 e. The van der Waals surface area contributed by atoms with E-state index in [4.69, 9.17) is 4.74 Å². The van der Waals surface area contributed by atoms with E-state index in [2.05, 4.69) is 15.3 Å². The van der Waals surface area contributed by atoms with Gasteiger partial charge < -0.3 is 15.0 Å². The predicted octanol–water partition coefficient (Wildman–Crippen LogP) is 1.35. The zero-order valence-corrected chi connectivity index (χ0v) is 12.0. The lowest BCUT2D eigenvalue weighted by Gasteiger charge is -2.11. The van der Waals surface area contributed by atoms with Gasteiger partial charge in [-0.25, -0.2) is 9.78 Å². The molecule has 2 heterocycles. The van der Waals surface area contributed by atoms with E-state index in [1.165, 1.54) is 6.20 Å². The van der Waals surface area contributed by atoms with Crippen molar-refractivity contribution in [2.24, 2.45) is 0 Å². The third-order valence-electron chi connectivity index (χ3n) is 3.67. The van der Waals surface area contributed by atoms with Gasteiger partial charge in [0.1, 0.15) is 0 Å². The number of benzene rings is 1. The molecule has 3 rings (SSSR count). The molecular formula is C16H17N3O3. The SMILES string of the molecule is O=C(NCC1CCCO1)c1ccc(-c2cnc(=O)[nH]c2)cc1. The molecule has 2 N–H and O–H groups in total. The number of nitrogens with zero attached hydrogens (tertiary/aromatic N) is 1. The standard InChI is InChI=1S/C16H17N3O3/c20-15(17-10-14-2-1-7-22-14)12-5-3-11(4-6-12)13-8-18-16(21)19-9-13/h3-6,8-9,14H,1-2,7,10H2,(H,17,20)(H,18,19,21). The second-order valence-electron chi connectivity index (χ2n) is 5.23. The van der Waals surface area contributed by atoms with Crippen molar-refractivity contribution in [3.8, 4) is 11.1 Å². The Hall–Kier alpha value is -2.47. The van der Waals surface area contributed by atoms with Crippen LogP contribution in [0.25, 0.3) is 11.1 Å². The lowest BCUT2D eigenvalue weighted by molar-refractivity contribution is 0.0858. The Morgan fingerprint density at radius 1 is 1.32 bits per heavy atom. The minimum atomic E-state index is -0.381. The topological polar surface area (TPSA) is 84.1 Å². The van der Waals surface area contributed by atoms with E-state index >= 15 is 0 Å². The summed E-state index contributed by atoms with van der Waals surface area (Å²) in [5.74, 6) is -0.110. The summed E-state index contributed by atoms with van der Waals surface area (Å²) in [5, 5.41) is 2.88. The van der Waals surface area contributed by atoms with Crippen LogP contribution in [0, 0.1) is 0 Å². The minimum Gasteiger partial charge on any atom is -0.376 e. The Morgan fingerprint density at radius 2 is 2.14 bits per heavy atom. The maximum atomic E-state index is 12.1. The zero-order valence-electron chi connectivity index (χ0n) is 12.0. The van der Waals surface area contributed by atoms with Gasteiger partial charge in [-0.3, -0.25) is 4.79 Å². The molecule has 1 aromatic heterocycles. The van der Waals surface area contributed by atoms with Gasteiger partial charge in [-0.1, -0.05) is 12.1 Å². The Kier molecular flexibility index (Phi) is 4.29. The van der Waals surface area contributed by atoms with Gasteiger partial charge in [0.25, 0.3) is 5.91 Å². The predicted molar refractivity (Wildman–Crippen MR) is 81.6 cm³/mol. The Morgan fingerprint density at radius 3 is 2.77 bits per heavy atom. The summed E-state index contributed by atoms with van der Waals surface area (Å²) in [6.45, 7) is 1.33. The first kappa shape index (κ1) is 14.5. The molecule has 22 heavy (non-hydrogen) atoms. The van der Waals surface area contributed by atoms with Crippen LogP contribution in [0.1, 0.15) is 23.2 Å². The van der Waals surface area contributed by atoms with Gasteiger partial charge in [0.05, 0.1) is 6.10 Å². The average molecular weight is 299 g/mol. The van der Waals surface area contributed by atoms with E-state index in [0.29, 0.717) is 12.1 Å². The van der Waals surface area contributed by atoms with Gasteiger partial charge in [0.15, 0.2) is 0 Å². The van der Waals surface area contributed by atoms with Crippen LogP contribution in [-0.4, -0.2) is 35.1 Å². The first-order chi connectivity index (χ1) is 10.7. The molecule has 6 heteroatoms. The Balaban J connectivity index is 1.64. The van der Waals surface area contributed by atoms with Gasteiger partial charge in [-0.15, -0.1) is 0 Å². The number of hydrogen-bond acceptors (Lipinski definition) is 4. The number of hydrogen-bond donors (Lipinski definition) is 2. The lowest BCUT2D eigenvalue weighted by Crippen LogP contribution is -2.31. The van der Waals surface area contributed by atoms with Crippen LogP contribution < -0.4 is 11.0 Å². The van der Waals surface area contributed by atoms with Crippen LogP contribution in [0.3, 0.4) is 0 Å². The molecule has 0 bridgehead atoms. The second-order valence-corrected chi connectivity index (χ2v) is 5.23. The van der Waals surface area contributed by atoms with E-state index in [-0.39, 0.29) is 17.7 Å². The molecule has 2 aromatic rings. The molecule has 6 nitrogen and oxygen atoms in total. The van der Waals surface area contributed by atoms with E-state index < -0.39 is 0 Å². The highest BCUT2D eigenvalue weighted by molar-refractivity contribution is 5.94. The number of aromatic amines is 1. The molecule has 1 aromatic carbocycles. The maximum absolute atomic E-state index is 12.1. The van der Waals surface area contributed by atoms with Crippen molar-refractivity contribution in [3.63, 3.8) is 0 Å². The highest BCUT2D eigenvalue weighted by Gasteiger charge is 2.16. The number of amides is 1. The zero-order chi connectivity index (χ0) is 15.4. The molecule has 1 unspecified atom stereocenters. The van der Waals surface area contributed by atoms with Crippen LogP contribution in [-0.2, 0) is 4.74 Å². The third kappa shape index (κ3) is 3.40. The molecule has 1 saturated heterocycles. The van der Waals surface area contributed by atoms with Gasteiger partial charge in [0, 0.05) is 36.7 Å². The number of ether oxygens (including phenoxy) is 1. The molecule has 1 amide bonds. The quantitative estimate of drug-likeness (QED) is 0.892. The molecule has 1 aliphatic heterocycles. The summed E-state index contributed by atoms with van der Waals surface area (Å²) in [6, 6.07) is 7.17. The Bertz CT molecular complexity index is 683. The fourth-order valence-corrected chi connectivity index (χ4v) is 2.43. The van der Waals surface area contributed by atoms with Crippen molar-refractivity contribution in [1.82, 2.24) is 15.3 Å². The first-order valence-corrected chi connectivity index (χ1v) is 7.27. The highest BCUT2D eigenvalue weighted by Crippen LogP contribution is 2.17. The second kappa shape index (κ2) is 6.53. The van der Waals surface area contributed by atoms with Crippen molar-refractivity contribution < 1.29 is 9.53 Å². The van der Waals surface area contributed by atoms with E-state index in [0.717, 1.165) is 30.6 Å². The molecule has 1 aliphatic rings. The summed E-state index contributed by atoms with van der Waals surface area (Å²) in [5.41, 5.74) is 1.90. The number of aromatic nitrogens is 2. The van der Waals surface area contributed by atoms with Gasteiger partial charge in [-0.2, -0.15) is 0 Å². The maximum Gasteiger partial charge on any atom is 0.344 e. The molecule has 114 valence electrons. The average Bonchev–Trinajstić information content (AvgIpc) is 3.07. The normalized spacial score (nSPS) is 17.4. The van der Waals surface area contributed by atoms with Gasteiger partial charge in [0.2, 0.25) is 0 Å². The summed E-state index contributed by atoms with van der Waals surface area (Å²) in [7, 11) is 0. The Labute approximate surface area is 127 Å². The van der Waals surface area contributed by atoms with E-state index in [9.17, 15) is 9.59 Å². The number of rotatable bonds is 4. The fourth-order valence-electron chi connectivity index (χ4n) is 2.43. The molecule has 0 radical (unpaired) electrons. The van der Waals surface area contributed by atoms with Crippen LogP contribution in [0.2, 0.25) is 0 Å². The van der Waals surface area contributed by atoms with Crippen molar-refractivity contribution >= 4 is 5.91 Å². The highest BCUT2D eigenvalue weighted by atomic mass is 16.5. The minimum absolute atomic E-state index is 0.110. The van der Waals surface area contributed by atoms with Crippen molar-refractivity contribution in [2.75, 3.05) is 13.2 Å². The number of carbonyl (C=O) groups is 1. The van der Waals surface area contributed by atoms with Crippen molar-refractivity contribution in [2.45, 2.75) is 18.9 Å². The first-order valence-electron chi connectivity index (χ1n) is 7.27. The lowest BCUT2D eigenvalue weighted by atomic mass is 10.1. The molecule has 1 atom stereocenters. The fraction of sp³-hybridized carbons (Fsp3) is 0.312. The summed E-state index contributed by atoms with van der Waals surface area (Å²) in [4.78, 5) is 29.2.